The lowest BCUT2D eigenvalue weighted by molar-refractivity contribution is 0.515. The summed E-state index contributed by atoms with van der Waals surface area (Å²) in [6.45, 7) is 3.89. The summed E-state index contributed by atoms with van der Waals surface area (Å²) < 4.78 is 22.4. The number of sulfone groups is 1. The number of rotatable bonds is 6. The molecule has 1 aliphatic rings. The Labute approximate surface area is 87.0 Å². The first-order valence-electron chi connectivity index (χ1n) is 5.42. The van der Waals surface area contributed by atoms with Crippen LogP contribution in [0.25, 0.3) is 0 Å². The molecule has 1 aliphatic carbocycles. The van der Waals surface area contributed by atoms with Crippen molar-refractivity contribution in [3.05, 3.63) is 0 Å². The standard InChI is InChI=1S/C10H21NO2S/c1-3-14(12,13)6-4-5-10(11)9-7-8(9)2/h8-10H,3-7,11H2,1-2H3. The van der Waals surface area contributed by atoms with Gasteiger partial charge in [-0.1, -0.05) is 13.8 Å². The molecule has 0 aromatic carbocycles. The van der Waals surface area contributed by atoms with E-state index in [1.54, 1.807) is 6.92 Å². The van der Waals surface area contributed by atoms with Gasteiger partial charge in [-0.2, -0.15) is 0 Å². The van der Waals surface area contributed by atoms with E-state index in [0.717, 1.165) is 18.8 Å². The predicted octanol–water partition coefficient (Wildman–Crippen LogP) is 1.18. The van der Waals surface area contributed by atoms with E-state index in [1.165, 1.54) is 6.42 Å². The van der Waals surface area contributed by atoms with Crippen LogP contribution >= 0.6 is 0 Å². The van der Waals surface area contributed by atoms with Gasteiger partial charge in [0.05, 0.1) is 5.75 Å². The molecule has 1 rings (SSSR count). The fourth-order valence-corrected chi connectivity index (χ4v) is 2.74. The second-order valence-corrected chi connectivity index (χ2v) is 6.89. The molecule has 14 heavy (non-hydrogen) atoms. The first-order valence-corrected chi connectivity index (χ1v) is 7.24. The van der Waals surface area contributed by atoms with Crippen LogP contribution in [-0.4, -0.2) is 26.0 Å². The van der Waals surface area contributed by atoms with E-state index in [-0.39, 0.29) is 11.8 Å². The molecule has 0 saturated heterocycles. The fraction of sp³-hybridized carbons (Fsp3) is 1.00. The van der Waals surface area contributed by atoms with E-state index in [9.17, 15) is 8.42 Å². The summed E-state index contributed by atoms with van der Waals surface area (Å²) in [5, 5.41) is 0. The van der Waals surface area contributed by atoms with Gasteiger partial charge in [-0.05, 0) is 31.1 Å². The minimum atomic E-state index is -2.79. The third-order valence-electron chi connectivity index (χ3n) is 3.15. The molecule has 0 spiro atoms. The van der Waals surface area contributed by atoms with Crippen LogP contribution in [0.15, 0.2) is 0 Å². The van der Waals surface area contributed by atoms with Crippen LogP contribution in [-0.2, 0) is 9.84 Å². The molecule has 1 fully saturated rings. The van der Waals surface area contributed by atoms with Crippen molar-refractivity contribution in [1.82, 2.24) is 0 Å². The van der Waals surface area contributed by atoms with Gasteiger partial charge < -0.3 is 5.73 Å². The van der Waals surface area contributed by atoms with Gasteiger partial charge in [-0.25, -0.2) is 8.42 Å². The molecule has 3 unspecified atom stereocenters. The summed E-state index contributed by atoms with van der Waals surface area (Å²) in [7, 11) is -2.79. The first-order chi connectivity index (χ1) is 6.46. The summed E-state index contributed by atoms with van der Waals surface area (Å²) in [5.74, 6) is 1.97. The Morgan fingerprint density at radius 2 is 2.07 bits per heavy atom. The average Bonchev–Trinajstić information content (AvgIpc) is 2.82. The van der Waals surface area contributed by atoms with Crippen LogP contribution in [0.4, 0.5) is 0 Å². The zero-order valence-electron chi connectivity index (χ0n) is 9.07. The van der Waals surface area contributed by atoms with E-state index in [0.29, 0.717) is 11.7 Å². The van der Waals surface area contributed by atoms with Crippen molar-refractivity contribution in [3.8, 4) is 0 Å². The van der Waals surface area contributed by atoms with Crippen LogP contribution in [0.1, 0.15) is 33.1 Å². The Balaban J connectivity index is 2.15. The molecule has 0 aromatic heterocycles. The van der Waals surface area contributed by atoms with E-state index < -0.39 is 9.84 Å². The van der Waals surface area contributed by atoms with Crippen LogP contribution < -0.4 is 5.73 Å². The lowest BCUT2D eigenvalue weighted by atomic mass is 10.1. The topological polar surface area (TPSA) is 60.2 Å². The molecule has 84 valence electrons. The maximum absolute atomic E-state index is 11.2. The third-order valence-corrected chi connectivity index (χ3v) is 4.94. The molecule has 0 bridgehead atoms. The first kappa shape index (κ1) is 12.0. The molecular weight excluding hydrogens is 198 g/mol. The zero-order chi connectivity index (χ0) is 10.8. The smallest absolute Gasteiger partial charge is 0.150 e. The molecule has 1 saturated carbocycles. The molecule has 0 aromatic rings. The quantitative estimate of drug-likeness (QED) is 0.730. The van der Waals surface area contributed by atoms with Crippen molar-refractivity contribution in [2.24, 2.45) is 17.6 Å². The zero-order valence-corrected chi connectivity index (χ0v) is 9.89. The number of hydrogen-bond acceptors (Lipinski definition) is 3. The highest BCUT2D eigenvalue weighted by molar-refractivity contribution is 7.91. The minimum absolute atomic E-state index is 0.219. The molecular formula is C10H21NO2S. The average molecular weight is 219 g/mol. The highest BCUT2D eigenvalue weighted by Gasteiger charge is 2.37. The third kappa shape index (κ3) is 3.58. The predicted molar refractivity (Wildman–Crippen MR) is 58.8 cm³/mol. The SMILES string of the molecule is CCS(=O)(=O)CCCC(N)C1CC1C. The monoisotopic (exact) mass is 219 g/mol. The Kier molecular flexibility index (Phi) is 3.95. The van der Waals surface area contributed by atoms with Gasteiger partial charge in [0.25, 0.3) is 0 Å². The molecule has 0 radical (unpaired) electrons. The van der Waals surface area contributed by atoms with Crippen molar-refractivity contribution >= 4 is 9.84 Å². The van der Waals surface area contributed by atoms with Gasteiger partial charge in [0, 0.05) is 11.8 Å². The molecule has 0 amide bonds. The van der Waals surface area contributed by atoms with Crippen molar-refractivity contribution in [2.45, 2.75) is 39.2 Å². The normalized spacial score (nSPS) is 28.8. The van der Waals surface area contributed by atoms with Crippen LogP contribution in [0.5, 0.6) is 0 Å². The lowest BCUT2D eigenvalue weighted by Crippen LogP contribution is -2.24. The Bertz CT molecular complexity index is 274. The van der Waals surface area contributed by atoms with Crippen LogP contribution in [0.3, 0.4) is 0 Å². The van der Waals surface area contributed by atoms with Crippen molar-refractivity contribution < 1.29 is 8.42 Å². The van der Waals surface area contributed by atoms with Gasteiger partial charge in [0.2, 0.25) is 0 Å². The molecule has 3 nitrogen and oxygen atoms in total. The summed E-state index contributed by atoms with van der Waals surface area (Å²) in [5.41, 5.74) is 5.95. The minimum Gasteiger partial charge on any atom is -0.327 e. The Morgan fingerprint density at radius 1 is 1.50 bits per heavy atom. The Hall–Kier alpha value is -0.0900. The van der Waals surface area contributed by atoms with E-state index in [1.807, 2.05) is 0 Å². The van der Waals surface area contributed by atoms with Crippen molar-refractivity contribution in [2.75, 3.05) is 11.5 Å². The number of hydrogen-bond donors (Lipinski definition) is 1. The fourth-order valence-electron chi connectivity index (χ4n) is 1.84. The second-order valence-electron chi connectivity index (χ2n) is 4.42. The maximum atomic E-state index is 11.2. The summed E-state index contributed by atoms with van der Waals surface area (Å²) in [6.07, 6.45) is 2.80. The van der Waals surface area contributed by atoms with Gasteiger partial charge in [0.15, 0.2) is 0 Å². The van der Waals surface area contributed by atoms with Gasteiger partial charge in [-0.3, -0.25) is 0 Å². The van der Waals surface area contributed by atoms with Crippen molar-refractivity contribution in [1.29, 1.82) is 0 Å². The largest absolute Gasteiger partial charge is 0.327 e. The van der Waals surface area contributed by atoms with Crippen LogP contribution in [0, 0.1) is 11.8 Å². The van der Waals surface area contributed by atoms with E-state index >= 15 is 0 Å². The molecule has 0 aliphatic heterocycles. The molecule has 0 heterocycles. The van der Waals surface area contributed by atoms with Crippen molar-refractivity contribution in [3.63, 3.8) is 0 Å². The second kappa shape index (κ2) is 4.62. The van der Waals surface area contributed by atoms with Gasteiger partial charge >= 0.3 is 0 Å². The summed E-state index contributed by atoms with van der Waals surface area (Å²) in [6, 6.07) is 0.219. The summed E-state index contributed by atoms with van der Waals surface area (Å²) in [4.78, 5) is 0. The molecule has 2 N–H and O–H groups in total. The molecule has 4 heteroatoms. The lowest BCUT2D eigenvalue weighted by Gasteiger charge is -2.10. The van der Waals surface area contributed by atoms with Gasteiger partial charge in [-0.15, -0.1) is 0 Å². The number of nitrogens with two attached hydrogens (primary N) is 1. The highest BCUT2D eigenvalue weighted by atomic mass is 32.2. The maximum Gasteiger partial charge on any atom is 0.150 e. The van der Waals surface area contributed by atoms with E-state index in [2.05, 4.69) is 6.92 Å². The van der Waals surface area contributed by atoms with E-state index in [4.69, 9.17) is 5.73 Å². The Morgan fingerprint density at radius 3 is 2.50 bits per heavy atom. The molecule has 3 atom stereocenters. The van der Waals surface area contributed by atoms with Gasteiger partial charge in [0.1, 0.15) is 9.84 Å². The highest BCUT2D eigenvalue weighted by Crippen LogP contribution is 2.40. The van der Waals surface area contributed by atoms with Crippen LogP contribution in [0.2, 0.25) is 0 Å². The summed E-state index contributed by atoms with van der Waals surface area (Å²) >= 11 is 0.